The van der Waals surface area contributed by atoms with Gasteiger partial charge in [-0.25, -0.2) is 4.79 Å². The summed E-state index contributed by atoms with van der Waals surface area (Å²) in [6.07, 6.45) is 0. The Kier molecular flexibility index (Phi) is 4.73. The fraction of sp³-hybridized carbons (Fsp3) is 0.0667. The van der Waals surface area contributed by atoms with Crippen LogP contribution in [-0.4, -0.2) is 11.8 Å². The lowest BCUT2D eigenvalue weighted by molar-refractivity contribution is 0.0516. The molecule has 0 saturated heterocycles. The number of halogens is 1. The van der Waals surface area contributed by atoms with E-state index in [2.05, 4.69) is 27.7 Å². The van der Waals surface area contributed by atoms with Crippen LogP contribution >= 0.6 is 22.6 Å². The van der Waals surface area contributed by atoms with Gasteiger partial charge in [0.05, 0.1) is 5.56 Å². The van der Waals surface area contributed by atoms with Gasteiger partial charge in [-0.3, -0.25) is 0 Å². The number of hydrogen-bond acceptors (Lipinski definition) is 3. The molecule has 0 aliphatic rings. The molecular weight excluding hydrogens is 367 g/mol. The lowest BCUT2D eigenvalue weighted by atomic mass is 10.1. The number of aryl methyl sites for hydroxylation is 1. The number of oxime groups is 1. The predicted molar refractivity (Wildman–Crippen MR) is 86.5 cm³/mol. The van der Waals surface area contributed by atoms with E-state index in [0.29, 0.717) is 5.56 Å². The third kappa shape index (κ3) is 3.57. The van der Waals surface area contributed by atoms with E-state index in [1.54, 1.807) is 12.1 Å². The molecule has 0 radical (unpaired) electrons. The molecule has 0 atom stereocenters. The molecule has 0 aliphatic carbocycles. The summed E-state index contributed by atoms with van der Waals surface area (Å²) in [5.74, 6) is -0.347. The lowest BCUT2D eigenvalue weighted by Gasteiger charge is -2.04. The summed E-state index contributed by atoms with van der Waals surface area (Å²) in [5, 5.41) is 3.70. The Balaban J connectivity index is 2.11. The van der Waals surface area contributed by atoms with E-state index in [9.17, 15) is 4.79 Å². The second kappa shape index (κ2) is 6.51. The van der Waals surface area contributed by atoms with Gasteiger partial charge >= 0.3 is 5.97 Å². The largest absolute Gasteiger partial charge is 0.380 e. The Morgan fingerprint density at radius 3 is 2.45 bits per heavy atom. The van der Waals surface area contributed by atoms with Crippen molar-refractivity contribution in [2.75, 3.05) is 0 Å². The Morgan fingerprint density at radius 2 is 1.80 bits per heavy atom. The fourth-order valence-electron chi connectivity index (χ4n) is 1.64. The van der Waals surface area contributed by atoms with Gasteiger partial charge in [-0.15, -0.1) is 0 Å². The summed E-state index contributed by atoms with van der Waals surface area (Å²) in [7, 11) is 0. The summed E-state index contributed by atoms with van der Waals surface area (Å²) in [4.78, 5) is 16.7. The number of nitrogens with two attached hydrogens (primary N) is 1. The molecule has 20 heavy (non-hydrogen) atoms. The molecule has 0 fully saturated rings. The van der Waals surface area contributed by atoms with Crippen LogP contribution in [0.3, 0.4) is 0 Å². The van der Waals surface area contributed by atoms with E-state index in [4.69, 9.17) is 10.6 Å². The van der Waals surface area contributed by atoms with Crippen LogP contribution in [0.15, 0.2) is 53.7 Å². The topological polar surface area (TPSA) is 64.7 Å². The van der Waals surface area contributed by atoms with Crippen molar-refractivity contribution < 1.29 is 9.63 Å². The molecule has 2 N–H and O–H groups in total. The zero-order valence-corrected chi connectivity index (χ0v) is 13.0. The zero-order valence-electron chi connectivity index (χ0n) is 10.8. The van der Waals surface area contributed by atoms with Gasteiger partial charge in [-0.2, -0.15) is 0 Å². The highest BCUT2D eigenvalue weighted by Crippen LogP contribution is 2.09. The van der Waals surface area contributed by atoms with Gasteiger partial charge in [0.1, 0.15) is 0 Å². The number of amidine groups is 1. The molecule has 0 aliphatic heterocycles. The van der Waals surface area contributed by atoms with Crippen LogP contribution in [0.5, 0.6) is 0 Å². The van der Waals surface area contributed by atoms with Gasteiger partial charge < -0.3 is 10.6 Å². The fourth-order valence-corrected chi connectivity index (χ4v) is 2.00. The van der Waals surface area contributed by atoms with E-state index in [1.165, 1.54) is 0 Å². The molecule has 102 valence electrons. The third-order valence-corrected chi connectivity index (χ3v) is 3.45. The molecule has 0 unspecified atom stereocenters. The van der Waals surface area contributed by atoms with Gasteiger partial charge in [0, 0.05) is 9.13 Å². The number of rotatable bonds is 3. The smallest absolute Gasteiger partial charge is 0.365 e. The molecule has 0 saturated carbocycles. The van der Waals surface area contributed by atoms with Crippen LogP contribution in [-0.2, 0) is 4.84 Å². The van der Waals surface area contributed by atoms with Crippen molar-refractivity contribution in [3.8, 4) is 0 Å². The minimum Gasteiger partial charge on any atom is -0.380 e. The molecule has 5 heteroatoms. The van der Waals surface area contributed by atoms with Gasteiger partial charge in [-0.05, 0) is 59.3 Å². The minimum absolute atomic E-state index is 0.182. The van der Waals surface area contributed by atoms with Crippen LogP contribution in [0.25, 0.3) is 0 Å². The van der Waals surface area contributed by atoms with Crippen molar-refractivity contribution in [1.29, 1.82) is 0 Å². The summed E-state index contributed by atoms with van der Waals surface area (Å²) < 4.78 is 1.04. The molecule has 0 heterocycles. The molecule has 0 aromatic heterocycles. The van der Waals surface area contributed by atoms with Crippen molar-refractivity contribution in [2.24, 2.45) is 10.9 Å². The second-order valence-corrected chi connectivity index (χ2v) is 5.42. The Morgan fingerprint density at radius 1 is 1.15 bits per heavy atom. The molecule has 2 aromatic carbocycles. The Hall–Kier alpha value is -1.89. The average molecular weight is 380 g/mol. The lowest BCUT2D eigenvalue weighted by Crippen LogP contribution is -2.16. The second-order valence-electron chi connectivity index (χ2n) is 4.18. The van der Waals surface area contributed by atoms with Gasteiger partial charge in [0.2, 0.25) is 0 Å². The van der Waals surface area contributed by atoms with Crippen LogP contribution < -0.4 is 5.73 Å². The Labute approximate surface area is 130 Å². The van der Waals surface area contributed by atoms with Gasteiger partial charge in [-0.1, -0.05) is 29.4 Å². The highest BCUT2D eigenvalue weighted by Gasteiger charge is 2.08. The average Bonchev–Trinajstić information content (AvgIpc) is 2.45. The predicted octanol–water partition coefficient (Wildman–Crippen LogP) is 3.08. The van der Waals surface area contributed by atoms with Crippen LogP contribution in [0.4, 0.5) is 0 Å². The number of carbonyl (C=O) groups is 1. The Bertz CT molecular complexity index is 651. The van der Waals surface area contributed by atoms with Crippen molar-refractivity contribution in [3.63, 3.8) is 0 Å². The normalized spacial score (nSPS) is 11.2. The highest BCUT2D eigenvalue weighted by molar-refractivity contribution is 14.1. The van der Waals surface area contributed by atoms with Gasteiger partial charge in [0.15, 0.2) is 5.84 Å². The number of hydrogen-bond donors (Lipinski definition) is 1. The monoisotopic (exact) mass is 380 g/mol. The molecule has 0 bridgehead atoms. The first-order valence-corrected chi connectivity index (χ1v) is 7.02. The first-order chi connectivity index (χ1) is 9.58. The van der Waals surface area contributed by atoms with E-state index < -0.39 is 5.97 Å². The maximum Gasteiger partial charge on any atom is 0.365 e. The maximum atomic E-state index is 11.8. The molecular formula is C15H13IN2O2. The van der Waals surface area contributed by atoms with E-state index >= 15 is 0 Å². The molecule has 2 rings (SSSR count). The highest BCUT2D eigenvalue weighted by atomic mass is 127. The summed E-state index contributed by atoms with van der Waals surface area (Å²) in [6, 6.07) is 14.5. The quantitative estimate of drug-likeness (QED) is 0.293. The third-order valence-electron chi connectivity index (χ3n) is 2.73. The van der Waals surface area contributed by atoms with Crippen LogP contribution in [0, 0.1) is 10.5 Å². The summed E-state index contributed by atoms with van der Waals surface area (Å²) in [5.41, 5.74) is 7.98. The SMILES string of the molecule is Cc1ccccc1/C(N)=N\OC(=O)c1ccc(I)cc1. The minimum atomic E-state index is -0.530. The van der Waals surface area contributed by atoms with Crippen molar-refractivity contribution >= 4 is 34.4 Å². The number of carbonyl (C=O) groups excluding carboxylic acids is 1. The molecule has 0 amide bonds. The van der Waals surface area contributed by atoms with Crippen molar-refractivity contribution in [1.82, 2.24) is 0 Å². The molecule has 0 spiro atoms. The molecule has 2 aromatic rings. The van der Waals surface area contributed by atoms with Crippen LogP contribution in [0.1, 0.15) is 21.5 Å². The number of benzene rings is 2. The standard InChI is InChI=1S/C15H13IN2O2/c1-10-4-2-3-5-13(10)14(17)18-20-15(19)11-6-8-12(16)9-7-11/h2-9H,1H3,(H2,17,18). The zero-order chi connectivity index (χ0) is 14.5. The maximum absolute atomic E-state index is 11.8. The van der Waals surface area contributed by atoms with Gasteiger partial charge in [0.25, 0.3) is 0 Å². The van der Waals surface area contributed by atoms with Crippen LogP contribution in [0.2, 0.25) is 0 Å². The van der Waals surface area contributed by atoms with E-state index in [-0.39, 0.29) is 5.84 Å². The van der Waals surface area contributed by atoms with E-state index in [0.717, 1.165) is 14.7 Å². The van der Waals surface area contributed by atoms with Crippen molar-refractivity contribution in [3.05, 3.63) is 68.8 Å². The van der Waals surface area contributed by atoms with Crippen molar-refractivity contribution in [2.45, 2.75) is 6.92 Å². The molecule has 4 nitrogen and oxygen atoms in total. The summed E-state index contributed by atoms with van der Waals surface area (Å²) >= 11 is 2.16. The first kappa shape index (κ1) is 14.5. The number of nitrogens with zero attached hydrogens (tertiary/aromatic N) is 1. The summed E-state index contributed by atoms with van der Waals surface area (Å²) in [6.45, 7) is 1.92. The van der Waals surface area contributed by atoms with E-state index in [1.807, 2.05) is 43.3 Å². The first-order valence-electron chi connectivity index (χ1n) is 5.94.